The predicted octanol–water partition coefficient (Wildman–Crippen LogP) is 3.34. The van der Waals surface area contributed by atoms with Crippen LogP contribution >= 0.6 is 0 Å². The number of piperidine rings is 1. The number of guanidine groups is 1. The molecule has 0 saturated carbocycles. The number of ether oxygens (including phenoxy) is 2. The minimum Gasteiger partial charge on any atom is -0.497 e. The van der Waals surface area contributed by atoms with Crippen LogP contribution in [0.25, 0.3) is 0 Å². The Labute approximate surface area is 179 Å². The Morgan fingerprint density at radius 1 is 1.07 bits per heavy atom. The van der Waals surface area contributed by atoms with Crippen LogP contribution in [0.15, 0.2) is 41.5 Å². The zero-order valence-electron chi connectivity index (χ0n) is 18.3. The molecule has 0 unspecified atom stereocenters. The third kappa shape index (κ3) is 6.02. The third-order valence-electron chi connectivity index (χ3n) is 5.19. The van der Waals surface area contributed by atoms with Gasteiger partial charge in [-0.2, -0.15) is 0 Å². The van der Waals surface area contributed by atoms with E-state index >= 15 is 0 Å². The van der Waals surface area contributed by atoms with Crippen molar-refractivity contribution in [2.24, 2.45) is 4.99 Å². The van der Waals surface area contributed by atoms with Gasteiger partial charge in [-0.05, 0) is 56.0 Å². The second kappa shape index (κ2) is 11.3. The average Bonchev–Trinajstić information content (AvgIpc) is 2.81. The van der Waals surface area contributed by atoms with Crippen molar-refractivity contribution >= 4 is 11.8 Å². The Morgan fingerprint density at radius 2 is 1.90 bits per heavy atom. The first-order valence-electron chi connectivity index (χ1n) is 10.7. The minimum absolute atomic E-state index is 0.596. The van der Waals surface area contributed by atoms with Crippen molar-refractivity contribution in [1.29, 1.82) is 0 Å². The molecule has 0 atom stereocenters. The number of methoxy groups -OCH3 is 2. The molecule has 1 aromatic heterocycles. The zero-order valence-corrected chi connectivity index (χ0v) is 18.3. The summed E-state index contributed by atoms with van der Waals surface area (Å²) < 4.78 is 10.8. The SMILES string of the molecule is CCNC(=NCc1ccnc(N2CCCCC2)c1)NCc1ccc(OC)cc1OC. The lowest BCUT2D eigenvalue weighted by atomic mass is 10.1. The maximum absolute atomic E-state index is 5.49. The molecule has 0 aliphatic carbocycles. The number of nitrogens with zero attached hydrogens (tertiary/aromatic N) is 3. The van der Waals surface area contributed by atoms with Gasteiger partial charge in [0.1, 0.15) is 17.3 Å². The molecule has 1 aliphatic rings. The molecule has 1 aliphatic heterocycles. The molecule has 162 valence electrons. The van der Waals surface area contributed by atoms with Gasteiger partial charge in [-0.15, -0.1) is 0 Å². The largest absolute Gasteiger partial charge is 0.497 e. The van der Waals surface area contributed by atoms with Crippen molar-refractivity contribution in [1.82, 2.24) is 15.6 Å². The Hall–Kier alpha value is -2.96. The zero-order chi connectivity index (χ0) is 21.2. The smallest absolute Gasteiger partial charge is 0.191 e. The summed E-state index contributed by atoms with van der Waals surface area (Å²) >= 11 is 0. The Bertz CT molecular complexity index is 834. The lowest BCUT2D eigenvalue weighted by Crippen LogP contribution is -2.36. The van der Waals surface area contributed by atoms with Gasteiger partial charge in [0.25, 0.3) is 0 Å². The topological polar surface area (TPSA) is 71.0 Å². The maximum Gasteiger partial charge on any atom is 0.191 e. The molecule has 0 bridgehead atoms. The summed E-state index contributed by atoms with van der Waals surface area (Å²) in [5.41, 5.74) is 2.20. The standard InChI is InChI=1S/C23H33N5O2/c1-4-24-23(27-17-19-8-9-20(29-2)15-21(19)30-3)26-16-18-10-11-25-22(14-18)28-12-6-5-7-13-28/h8-11,14-15H,4-7,12-13,16-17H2,1-3H3,(H2,24,26,27). The van der Waals surface area contributed by atoms with E-state index in [-0.39, 0.29) is 0 Å². The van der Waals surface area contributed by atoms with E-state index in [2.05, 4.69) is 33.5 Å². The number of anilines is 1. The molecule has 1 fully saturated rings. The van der Waals surface area contributed by atoms with Gasteiger partial charge in [-0.3, -0.25) is 0 Å². The lowest BCUT2D eigenvalue weighted by molar-refractivity contribution is 0.390. The van der Waals surface area contributed by atoms with Crippen LogP contribution in [0.3, 0.4) is 0 Å². The number of aliphatic imine (C=N–C) groups is 1. The summed E-state index contributed by atoms with van der Waals surface area (Å²) in [6, 6.07) is 10.0. The number of hydrogen-bond acceptors (Lipinski definition) is 5. The van der Waals surface area contributed by atoms with Gasteiger partial charge in [0.2, 0.25) is 0 Å². The van der Waals surface area contributed by atoms with Gasteiger partial charge >= 0.3 is 0 Å². The highest BCUT2D eigenvalue weighted by Gasteiger charge is 2.12. The maximum atomic E-state index is 5.49. The molecule has 30 heavy (non-hydrogen) atoms. The van der Waals surface area contributed by atoms with E-state index in [1.54, 1.807) is 14.2 Å². The van der Waals surface area contributed by atoms with E-state index in [4.69, 9.17) is 14.5 Å². The first-order valence-corrected chi connectivity index (χ1v) is 10.7. The summed E-state index contributed by atoms with van der Waals surface area (Å²) in [5.74, 6) is 3.39. The van der Waals surface area contributed by atoms with Crippen molar-refractivity contribution in [3.05, 3.63) is 47.7 Å². The highest BCUT2D eigenvalue weighted by atomic mass is 16.5. The summed E-state index contributed by atoms with van der Waals surface area (Å²) in [6.07, 6.45) is 5.69. The van der Waals surface area contributed by atoms with Crippen LogP contribution in [-0.2, 0) is 13.1 Å². The van der Waals surface area contributed by atoms with Gasteiger partial charge in [-0.25, -0.2) is 9.98 Å². The third-order valence-corrected chi connectivity index (χ3v) is 5.19. The number of nitrogens with one attached hydrogen (secondary N) is 2. The van der Waals surface area contributed by atoms with Crippen molar-refractivity contribution in [2.75, 3.05) is 38.8 Å². The molecule has 7 heteroatoms. The van der Waals surface area contributed by atoms with Crippen molar-refractivity contribution in [3.8, 4) is 11.5 Å². The summed E-state index contributed by atoms with van der Waals surface area (Å²) in [4.78, 5) is 11.7. The molecule has 2 N–H and O–H groups in total. The van der Waals surface area contributed by atoms with E-state index in [0.29, 0.717) is 13.1 Å². The van der Waals surface area contributed by atoms with E-state index in [0.717, 1.165) is 54.0 Å². The van der Waals surface area contributed by atoms with Crippen LogP contribution in [0.4, 0.5) is 5.82 Å². The van der Waals surface area contributed by atoms with Crippen LogP contribution in [0.5, 0.6) is 11.5 Å². The quantitative estimate of drug-likeness (QED) is 0.513. The van der Waals surface area contributed by atoms with Gasteiger partial charge in [0.05, 0.1) is 20.8 Å². The highest BCUT2D eigenvalue weighted by Crippen LogP contribution is 2.24. The van der Waals surface area contributed by atoms with Gasteiger partial charge in [-0.1, -0.05) is 0 Å². The fourth-order valence-corrected chi connectivity index (χ4v) is 3.54. The molecular formula is C23H33N5O2. The van der Waals surface area contributed by atoms with Gasteiger partial charge < -0.3 is 25.0 Å². The van der Waals surface area contributed by atoms with Crippen molar-refractivity contribution < 1.29 is 9.47 Å². The van der Waals surface area contributed by atoms with Crippen LogP contribution < -0.4 is 25.0 Å². The number of benzene rings is 1. The highest BCUT2D eigenvalue weighted by molar-refractivity contribution is 5.79. The Morgan fingerprint density at radius 3 is 2.63 bits per heavy atom. The number of rotatable bonds is 8. The first kappa shape index (κ1) is 21.7. The normalized spacial score (nSPS) is 14.4. The average molecular weight is 412 g/mol. The molecule has 3 rings (SSSR count). The predicted molar refractivity (Wildman–Crippen MR) is 122 cm³/mol. The monoisotopic (exact) mass is 411 g/mol. The van der Waals surface area contributed by atoms with Gasteiger partial charge in [0.15, 0.2) is 5.96 Å². The second-order valence-electron chi connectivity index (χ2n) is 7.30. The Balaban J connectivity index is 1.65. The fourth-order valence-electron chi connectivity index (χ4n) is 3.54. The summed E-state index contributed by atoms with van der Waals surface area (Å²) in [5, 5.41) is 6.70. The summed E-state index contributed by atoms with van der Waals surface area (Å²) in [6.45, 7) is 6.24. The molecular weight excluding hydrogens is 378 g/mol. The molecule has 0 amide bonds. The van der Waals surface area contributed by atoms with Crippen molar-refractivity contribution in [2.45, 2.75) is 39.3 Å². The van der Waals surface area contributed by atoms with Crippen LogP contribution in [-0.4, -0.2) is 44.8 Å². The Kier molecular flexibility index (Phi) is 8.18. The lowest BCUT2D eigenvalue weighted by Gasteiger charge is -2.27. The van der Waals surface area contributed by atoms with Crippen molar-refractivity contribution in [3.63, 3.8) is 0 Å². The molecule has 1 saturated heterocycles. The van der Waals surface area contributed by atoms with Crippen LogP contribution in [0.2, 0.25) is 0 Å². The molecule has 2 aromatic rings. The van der Waals surface area contributed by atoms with E-state index < -0.39 is 0 Å². The number of pyridine rings is 1. The van der Waals surface area contributed by atoms with E-state index in [1.165, 1.54) is 19.3 Å². The molecule has 7 nitrogen and oxygen atoms in total. The fraction of sp³-hybridized carbons (Fsp3) is 0.478. The number of aromatic nitrogens is 1. The van der Waals surface area contributed by atoms with Crippen LogP contribution in [0, 0.1) is 0 Å². The minimum atomic E-state index is 0.596. The molecule has 0 radical (unpaired) electrons. The summed E-state index contributed by atoms with van der Waals surface area (Å²) in [7, 11) is 3.32. The van der Waals surface area contributed by atoms with Crippen LogP contribution in [0.1, 0.15) is 37.3 Å². The second-order valence-corrected chi connectivity index (χ2v) is 7.30. The molecule has 1 aromatic carbocycles. The van der Waals surface area contributed by atoms with E-state index in [9.17, 15) is 0 Å². The molecule has 0 spiro atoms. The van der Waals surface area contributed by atoms with Gasteiger partial charge in [0, 0.05) is 44.0 Å². The van der Waals surface area contributed by atoms with E-state index in [1.807, 2.05) is 30.5 Å². The molecule has 2 heterocycles. The number of hydrogen-bond donors (Lipinski definition) is 2. The first-order chi connectivity index (χ1) is 14.7.